The number of nitrogens with zero attached hydrogens (tertiary/aromatic N) is 2. The smallest absolute Gasteiger partial charge is 0.191 e. The molecular weight excluding hydrogens is 332 g/mol. The van der Waals surface area contributed by atoms with Crippen LogP contribution in [0.1, 0.15) is 25.3 Å². The number of methoxy groups -OCH3 is 2. The average Bonchev–Trinajstić information content (AvgIpc) is 2.66. The zero-order valence-electron chi connectivity index (χ0n) is 16.1. The summed E-state index contributed by atoms with van der Waals surface area (Å²) in [5.74, 6) is 1.41. The first-order valence-corrected chi connectivity index (χ1v) is 9.28. The fraction of sp³-hybridized carbons (Fsp3) is 0.632. The number of guanidine groups is 1. The van der Waals surface area contributed by atoms with Crippen LogP contribution in [0.5, 0.6) is 11.5 Å². The molecule has 1 saturated heterocycles. The Morgan fingerprint density at radius 2 is 2.08 bits per heavy atom. The highest BCUT2D eigenvalue weighted by Crippen LogP contribution is 2.29. The van der Waals surface area contributed by atoms with Gasteiger partial charge in [-0.3, -0.25) is 0 Å². The predicted octanol–water partition coefficient (Wildman–Crippen LogP) is 1.57. The predicted molar refractivity (Wildman–Crippen MR) is 104 cm³/mol. The van der Waals surface area contributed by atoms with E-state index in [-0.39, 0.29) is 5.75 Å². The summed E-state index contributed by atoms with van der Waals surface area (Å²) < 4.78 is 10.3. The number of para-hydroxylation sites is 1. The molecular formula is C19H32N4O3. The van der Waals surface area contributed by atoms with Gasteiger partial charge in [-0.2, -0.15) is 0 Å². The molecule has 0 amide bonds. The first-order valence-electron chi connectivity index (χ1n) is 9.28. The van der Waals surface area contributed by atoms with Crippen LogP contribution in [0.4, 0.5) is 0 Å². The average molecular weight is 364 g/mol. The summed E-state index contributed by atoms with van der Waals surface area (Å²) in [5, 5.41) is 17.0. The van der Waals surface area contributed by atoms with E-state index >= 15 is 0 Å². The van der Waals surface area contributed by atoms with E-state index < -0.39 is 0 Å². The topological polar surface area (TPSA) is 78.4 Å². The normalized spacial score (nSPS) is 16.5. The second-order valence-corrected chi connectivity index (χ2v) is 6.42. The van der Waals surface area contributed by atoms with Crippen LogP contribution in [-0.2, 0) is 11.3 Å². The van der Waals surface area contributed by atoms with Crippen LogP contribution in [0.3, 0.4) is 0 Å². The van der Waals surface area contributed by atoms with E-state index in [4.69, 9.17) is 9.47 Å². The summed E-state index contributed by atoms with van der Waals surface area (Å²) in [6.45, 7) is 7.15. The van der Waals surface area contributed by atoms with Crippen LogP contribution >= 0.6 is 0 Å². The molecule has 0 aromatic heterocycles. The number of benzene rings is 1. The lowest BCUT2D eigenvalue weighted by Crippen LogP contribution is -2.49. The van der Waals surface area contributed by atoms with Crippen molar-refractivity contribution in [1.29, 1.82) is 0 Å². The van der Waals surface area contributed by atoms with Gasteiger partial charge in [0, 0.05) is 44.9 Å². The van der Waals surface area contributed by atoms with Crippen molar-refractivity contribution in [3.05, 3.63) is 23.8 Å². The third-order valence-corrected chi connectivity index (χ3v) is 4.59. The first-order chi connectivity index (χ1) is 12.7. The SMILES string of the molecule is CCNC(=NCc1cccc(OC)c1O)NC1CCN(CCOC)CC1. The van der Waals surface area contributed by atoms with Crippen molar-refractivity contribution in [1.82, 2.24) is 15.5 Å². The molecule has 7 heteroatoms. The lowest BCUT2D eigenvalue weighted by molar-refractivity contribution is 0.128. The number of piperidine rings is 1. The first kappa shape index (κ1) is 20.3. The maximum Gasteiger partial charge on any atom is 0.191 e. The van der Waals surface area contributed by atoms with Gasteiger partial charge in [0.15, 0.2) is 17.5 Å². The molecule has 1 aliphatic rings. The number of nitrogens with one attached hydrogen (secondary N) is 2. The molecule has 0 spiro atoms. The minimum atomic E-state index is 0.154. The molecule has 1 aromatic carbocycles. The number of aliphatic imine (C=N–C) groups is 1. The maximum atomic E-state index is 10.2. The molecule has 7 nitrogen and oxygen atoms in total. The van der Waals surface area contributed by atoms with Crippen LogP contribution in [0, 0.1) is 0 Å². The number of rotatable bonds is 8. The van der Waals surface area contributed by atoms with Crippen molar-refractivity contribution in [2.75, 3.05) is 47.0 Å². The van der Waals surface area contributed by atoms with Crippen LogP contribution in [0.25, 0.3) is 0 Å². The van der Waals surface area contributed by atoms with Gasteiger partial charge in [0.1, 0.15) is 0 Å². The molecule has 0 bridgehead atoms. The summed E-state index contributed by atoms with van der Waals surface area (Å²) in [7, 11) is 3.29. The summed E-state index contributed by atoms with van der Waals surface area (Å²) >= 11 is 0. The molecule has 146 valence electrons. The minimum absolute atomic E-state index is 0.154. The van der Waals surface area contributed by atoms with Crippen molar-refractivity contribution in [3.63, 3.8) is 0 Å². The van der Waals surface area contributed by atoms with Gasteiger partial charge in [0.25, 0.3) is 0 Å². The molecule has 3 N–H and O–H groups in total. The van der Waals surface area contributed by atoms with E-state index in [0.717, 1.165) is 57.2 Å². The molecule has 0 unspecified atom stereocenters. The number of phenols is 1. The Balaban J connectivity index is 1.91. The number of hydrogen-bond acceptors (Lipinski definition) is 5. The molecule has 1 aromatic rings. The third kappa shape index (κ3) is 6.07. The van der Waals surface area contributed by atoms with E-state index in [1.54, 1.807) is 20.3 Å². The Labute approximate surface area is 156 Å². The lowest BCUT2D eigenvalue weighted by atomic mass is 10.1. The van der Waals surface area contributed by atoms with Crippen molar-refractivity contribution in [3.8, 4) is 11.5 Å². The second kappa shape index (κ2) is 10.9. The van der Waals surface area contributed by atoms with Gasteiger partial charge >= 0.3 is 0 Å². The monoisotopic (exact) mass is 364 g/mol. The summed E-state index contributed by atoms with van der Waals surface area (Å²) in [6.07, 6.45) is 2.16. The number of ether oxygens (including phenoxy) is 2. The van der Waals surface area contributed by atoms with E-state index in [1.807, 2.05) is 19.1 Å². The molecule has 26 heavy (non-hydrogen) atoms. The van der Waals surface area contributed by atoms with Crippen LogP contribution in [0.2, 0.25) is 0 Å². The largest absolute Gasteiger partial charge is 0.504 e. The Hall–Kier alpha value is -1.99. The summed E-state index contributed by atoms with van der Waals surface area (Å²) in [6, 6.07) is 5.87. The van der Waals surface area contributed by atoms with Gasteiger partial charge in [-0.1, -0.05) is 12.1 Å². The van der Waals surface area contributed by atoms with Crippen molar-refractivity contribution >= 4 is 5.96 Å². The van der Waals surface area contributed by atoms with Crippen LogP contribution in [-0.4, -0.2) is 69.0 Å². The fourth-order valence-electron chi connectivity index (χ4n) is 3.06. The van der Waals surface area contributed by atoms with Gasteiger partial charge in [-0.15, -0.1) is 0 Å². The Bertz CT molecular complexity index is 572. The lowest BCUT2D eigenvalue weighted by Gasteiger charge is -2.32. The standard InChI is InChI=1S/C19H32N4O3/c1-4-20-19(21-14-15-6-5-7-17(26-3)18(15)24)22-16-8-10-23(11-9-16)12-13-25-2/h5-7,16,24H,4,8-14H2,1-3H3,(H2,20,21,22). The summed E-state index contributed by atoms with van der Waals surface area (Å²) in [4.78, 5) is 7.06. The highest BCUT2D eigenvalue weighted by molar-refractivity contribution is 5.80. The number of hydrogen-bond donors (Lipinski definition) is 3. The zero-order valence-corrected chi connectivity index (χ0v) is 16.1. The molecule has 1 fully saturated rings. The van der Waals surface area contributed by atoms with E-state index in [1.165, 1.54) is 0 Å². The molecule has 1 heterocycles. The number of phenolic OH excluding ortho intramolecular Hbond substituents is 1. The van der Waals surface area contributed by atoms with Gasteiger partial charge in [0.05, 0.1) is 20.3 Å². The van der Waals surface area contributed by atoms with Gasteiger partial charge in [-0.05, 0) is 25.8 Å². The Morgan fingerprint density at radius 1 is 1.31 bits per heavy atom. The van der Waals surface area contributed by atoms with Gasteiger partial charge in [-0.25, -0.2) is 4.99 Å². The van der Waals surface area contributed by atoms with E-state index in [9.17, 15) is 5.11 Å². The Kier molecular flexibility index (Phi) is 8.50. The molecule has 0 saturated carbocycles. The van der Waals surface area contributed by atoms with Crippen LogP contribution < -0.4 is 15.4 Å². The summed E-state index contributed by atoms with van der Waals surface area (Å²) in [5.41, 5.74) is 0.746. The Morgan fingerprint density at radius 3 is 2.73 bits per heavy atom. The molecule has 0 aliphatic carbocycles. The highest BCUT2D eigenvalue weighted by atomic mass is 16.5. The van der Waals surface area contributed by atoms with Crippen LogP contribution in [0.15, 0.2) is 23.2 Å². The third-order valence-electron chi connectivity index (χ3n) is 4.59. The van der Waals surface area contributed by atoms with E-state index in [0.29, 0.717) is 18.3 Å². The molecule has 1 aliphatic heterocycles. The quantitative estimate of drug-likeness (QED) is 0.480. The van der Waals surface area contributed by atoms with Gasteiger partial charge in [0.2, 0.25) is 0 Å². The van der Waals surface area contributed by atoms with Crippen molar-refractivity contribution in [2.45, 2.75) is 32.4 Å². The second-order valence-electron chi connectivity index (χ2n) is 6.42. The van der Waals surface area contributed by atoms with Crippen molar-refractivity contribution < 1.29 is 14.6 Å². The highest BCUT2D eigenvalue weighted by Gasteiger charge is 2.19. The maximum absolute atomic E-state index is 10.2. The molecule has 2 rings (SSSR count). The van der Waals surface area contributed by atoms with Gasteiger partial charge < -0.3 is 30.1 Å². The fourth-order valence-corrected chi connectivity index (χ4v) is 3.06. The number of likely N-dealkylation sites (tertiary alicyclic amines) is 1. The van der Waals surface area contributed by atoms with Crippen molar-refractivity contribution in [2.24, 2.45) is 4.99 Å². The molecule has 0 radical (unpaired) electrons. The zero-order chi connectivity index (χ0) is 18.8. The van der Waals surface area contributed by atoms with E-state index in [2.05, 4.69) is 20.5 Å². The number of aromatic hydroxyl groups is 1. The molecule has 0 atom stereocenters. The minimum Gasteiger partial charge on any atom is -0.504 e.